The van der Waals surface area contributed by atoms with Crippen LogP contribution in [0.5, 0.6) is 0 Å². The smallest absolute Gasteiger partial charge is 0.191 e. The van der Waals surface area contributed by atoms with E-state index in [0.29, 0.717) is 0 Å². The minimum atomic E-state index is 0. The molecule has 1 aromatic carbocycles. The van der Waals surface area contributed by atoms with Crippen molar-refractivity contribution in [2.45, 2.75) is 32.6 Å². The molecule has 23 heavy (non-hydrogen) atoms. The van der Waals surface area contributed by atoms with E-state index < -0.39 is 0 Å². The molecule has 1 aliphatic heterocycles. The van der Waals surface area contributed by atoms with Crippen LogP contribution in [0.1, 0.15) is 32.6 Å². The average molecular weight is 430 g/mol. The predicted molar refractivity (Wildman–Crippen MR) is 111 cm³/mol. The first-order chi connectivity index (χ1) is 10.7. The van der Waals surface area contributed by atoms with Gasteiger partial charge in [0.1, 0.15) is 0 Å². The first-order valence-corrected chi connectivity index (χ1v) is 8.48. The molecular formula is C18H31IN4. The molecule has 4 nitrogen and oxygen atoms in total. The number of para-hydroxylation sites is 1. The van der Waals surface area contributed by atoms with Gasteiger partial charge in [-0.25, -0.2) is 0 Å². The van der Waals surface area contributed by atoms with Gasteiger partial charge in [0.05, 0.1) is 0 Å². The van der Waals surface area contributed by atoms with E-state index in [1.807, 2.05) is 0 Å². The molecule has 1 aromatic rings. The third-order valence-electron chi connectivity index (χ3n) is 4.35. The second kappa shape index (κ2) is 10.7. The third-order valence-corrected chi connectivity index (χ3v) is 4.35. The predicted octanol–water partition coefficient (Wildman–Crippen LogP) is 3.57. The van der Waals surface area contributed by atoms with Gasteiger partial charge in [-0.1, -0.05) is 25.1 Å². The molecule has 1 unspecified atom stereocenters. The molecule has 130 valence electrons. The van der Waals surface area contributed by atoms with Gasteiger partial charge in [-0.3, -0.25) is 4.99 Å². The summed E-state index contributed by atoms with van der Waals surface area (Å²) in [5.74, 6) is 1.48. The van der Waals surface area contributed by atoms with Crippen molar-refractivity contribution in [1.29, 1.82) is 0 Å². The minimum Gasteiger partial charge on any atom is -0.375 e. The molecule has 0 aromatic heterocycles. The Labute approximate surface area is 158 Å². The van der Waals surface area contributed by atoms with E-state index in [4.69, 9.17) is 5.73 Å². The summed E-state index contributed by atoms with van der Waals surface area (Å²) in [5, 5.41) is 0. The maximum atomic E-state index is 6.11. The Kier molecular flexibility index (Phi) is 9.36. The first-order valence-electron chi connectivity index (χ1n) is 8.48. The highest BCUT2D eigenvalue weighted by molar-refractivity contribution is 14.0. The van der Waals surface area contributed by atoms with Crippen LogP contribution in [-0.2, 0) is 0 Å². The zero-order valence-corrected chi connectivity index (χ0v) is 16.8. The van der Waals surface area contributed by atoms with Gasteiger partial charge >= 0.3 is 0 Å². The number of aliphatic imine (C=N–C) groups is 1. The highest BCUT2D eigenvalue weighted by Crippen LogP contribution is 2.15. The number of halogens is 1. The molecule has 2 rings (SSSR count). The third kappa shape index (κ3) is 6.97. The molecule has 1 aliphatic rings. The Balaban J connectivity index is 0.00000264. The molecule has 1 atom stereocenters. The van der Waals surface area contributed by atoms with Crippen LogP contribution in [0.4, 0.5) is 5.69 Å². The molecule has 5 heteroatoms. The zero-order chi connectivity index (χ0) is 15.8. The van der Waals surface area contributed by atoms with E-state index in [-0.39, 0.29) is 24.0 Å². The Morgan fingerprint density at radius 1 is 1.30 bits per heavy atom. The number of piperidine rings is 1. The van der Waals surface area contributed by atoms with Gasteiger partial charge in [-0.2, -0.15) is 0 Å². The van der Waals surface area contributed by atoms with Crippen molar-refractivity contribution in [3.05, 3.63) is 30.3 Å². The number of anilines is 1. The normalized spacial score (nSPS) is 18.4. The fourth-order valence-corrected chi connectivity index (χ4v) is 2.96. The summed E-state index contributed by atoms with van der Waals surface area (Å²) in [4.78, 5) is 9.09. The molecule has 0 aliphatic carbocycles. The van der Waals surface area contributed by atoms with Gasteiger partial charge in [0.2, 0.25) is 0 Å². The van der Waals surface area contributed by atoms with Crippen LogP contribution in [0.3, 0.4) is 0 Å². The summed E-state index contributed by atoms with van der Waals surface area (Å²) in [7, 11) is 2.14. The number of rotatable bonds is 6. The summed E-state index contributed by atoms with van der Waals surface area (Å²) in [6, 6.07) is 10.5. The Morgan fingerprint density at radius 2 is 2.04 bits per heavy atom. The number of hydrogen-bond acceptors (Lipinski definition) is 2. The molecule has 0 spiro atoms. The van der Waals surface area contributed by atoms with Crippen molar-refractivity contribution in [3.8, 4) is 0 Å². The Morgan fingerprint density at radius 3 is 2.74 bits per heavy atom. The van der Waals surface area contributed by atoms with Gasteiger partial charge in [-0.05, 0) is 43.7 Å². The lowest BCUT2D eigenvalue weighted by Gasteiger charge is -2.31. The maximum absolute atomic E-state index is 6.11. The van der Waals surface area contributed by atoms with Gasteiger partial charge in [-0.15, -0.1) is 24.0 Å². The zero-order valence-electron chi connectivity index (χ0n) is 14.4. The second-order valence-electron chi connectivity index (χ2n) is 6.40. The Hall–Kier alpha value is -0.980. The van der Waals surface area contributed by atoms with Crippen LogP contribution in [0.15, 0.2) is 35.3 Å². The number of hydrogen-bond donors (Lipinski definition) is 1. The summed E-state index contributed by atoms with van der Waals surface area (Å²) in [6.45, 7) is 6.31. The standard InChI is InChI=1S/C18H30N4.HI/c1-16-9-8-14-22(15-16)18(19)20-12-6-7-13-21(2)17-10-4-3-5-11-17;/h3-5,10-11,16H,6-9,12-15H2,1-2H3,(H2,19,20);1H. The quantitative estimate of drug-likeness (QED) is 0.325. The molecule has 2 N–H and O–H groups in total. The number of likely N-dealkylation sites (tertiary alicyclic amines) is 1. The number of unbranched alkanes of at least 4 members (excludes halogenated alkanes) is 1. The van der Waals surface area contributed by atoms with Crippen molar-refractivity contribution in [2.24, 2.45) is 16.6 Å². The monoisotopic (exact) mass is 430 g/mol. The molecular weight excluding hydrogens is 399 g/mol. The van der Waals surface area contributed by atoms with Crippen LogP contribution in [-0.4, -0.2) is 44.1 Å². The molecule has 1 heterocycles. The molecule has 1 saturated heterocycles. The number of nitrogens with two attached hydrogens (primary N) is 1. The molecule has 0 amide bonds. The summed E-state index contributed by atoms with van der Waals surface area (Å²) in [6.07, 6.45) is 4.77. The SMILES string of the molecule is CC1CCCN(C(N)=NCCCCN(C)c2ccccc2)C1.I. The van der Waals surface area contributed by atoms with Gasteiger partial charge in [0, 0.05) is 38.9 Å². The van der Waals surface area contributed by atoms with Crippen LogP contribution in [0.25, 0.3) is 0 Å². The van der Waals surface area contributed by atoms with Gasteiger partial charge in [0.25, 0.3) is 0 Å². The van der Waals surface area contributed by atoms with Crippen molar-refractivity contribution in [2.75, 3.05) is 38.1 Å². The van der Waals surface area contributed by atoms with Crippen LogP contribution in [0.2, 0.25) is 0 Å². The van der Waals surface area contributed by atoms with E-state index in [1.54, 1.807) is 0 Å². The maximum Gasteiger partial charge on any atom is 0.191 e. The first kappa shape index (κ1) is 20.1. The lowest BCUT2D eigenvalue weighted by molar-refractivity contribution is 0.270. The summed E-state index contributed by atoms with van der Waals surface area (Å²) >= 11 is 0. The highest BCUT2D eigenvalue weighted by atomic mass is 127. The molecule has 0 radical (unpaired) electrons. The number of guanidine groups is 1. The van der Waals surface area contributed by atoms with Crippen LogP contribution in [0, 0.1) is 5.92 Å². The molecule has 0 bridgehead atoms. The van der Waals surface area contributed by atoms with E-state index in [1.165, 1.54) is 18.5 Å². The molecule has 0 saturated carbocycles. The largest absolute Gasteiger partial charge is 0.375 e. The lowest BCUT2D eigenvalue weighted by Crippen LogP contribution is -2.43. The van der Waals surface area contributed by atoms with E-state index >= 15 is 0 Å². The highest BCUT2D eigenvalue weighted by Gasteiger charge is 2.17. The minimum absolute atomic E-state index is 0. The van der Waals surface area contributed by atoms with Crippen LogP contribution >= 0.6 is 24.0 Å². The van der Waals surface area contributed by atoms with Gasteiger partial charge < -0.3 is 15.5 Å². The Bertz CT molecular complexity index is 463. The second-order valence-corrected chi connectivity index (χ2v) is 6.40. The molecule has 1 fully saturated rings. The fraction of sp³-hybridized carbons (Fsp3) is 0.611. The number of benzene rings is 1. The van der Waals surface area contributed by atoms with Crippen molar-refractivity contribution >= 4 is 35.6 Å². The summed E-state index contributed by atoms with van der Waals surface area (Å²) < 4.78 is 0. The lowest BCUT2D eigenvalue weighted by atomic mass is 10.0. The topological polar surface area (TPSA) is 44.9 Å². The van der Waals surface area contributed by atoms with Gasteiger partial charge in [0.15, 0.2) is 5.96 Å². The fourth-order valence-electron chi connectivity index (χ4n) is 2.96. The van der Waals surface area contributed by atoms with Crippen molar-refractivity contribution in [3.63, 3.8) is 0 Å². The van der Waals surface area contributed by atoms with Crippen LogP contribution < -0.4 is 10.6 Å². The average Bonchev–Trinajstić information content (AvgIpc) is 2.55. The van der Waals surface area contributed by atoms with Crippen molar-refractivity contribution < 1.29 is 0 Å². The summed E-state index contributed by atoms with van der Waals surface area (Å²) in [5.41, 5.74) is 7.38. The van der Waals surface area contributed by atoms with E-state index in [9.17, 15) is 0 Å². The van der Waals surface area contributed by atoms with E-state index in [2.05, 4.69) is 59.1 Å². The van der Waals surface area contributed by atoms with E-state index in [0.717, 1.165) is 50.9 Å². The number of nitrogens with zero attached hydrogens (tertiary/aromatic N) is 3. The van der Waals surface area contributed by atoms with Crippen molar-refractivity contribution in [1.82, 2.24) is 4.90 Å².